The normalized spacial score (nSPS) is 20.7. The Morgan fingerprint density at radius 3 is 2.80 bits per heavy atom. The fraction of sp³-hybridized carbons (Fsp3) is 0.556. The monoisotopic (exact) mass is 346 g/mol. The number of piperazine rings is 1. The molecule has 0 aromatic heterocycles. The van der Waals surface area contributed by atoms with E-state index < -0.39 is 0 Å². The van der Waals surface area contributed by atoms with Crippen molar-refractivity contribution in [3.05, 3.63) is 24.3 Å². The summed E-state index contributed by atoms with van der Waals surface area (Å²) in [6.45, 7) is 4.15. The number of carbonyl (C=O) groups is 2. The van der Waals surface area contributed by atoms with Crippen LogP contribution in [0.4, 0.5) is 5.69 Å². The van der Waals surface area contributed by atoms with Gasteiger partial charge in [-0.2, -0.15) is 0 Å². The van der Waals surface area contributed by atoms with Gasteiger partial charge >= 0.3 is 0 Å². The van der Waals surface area contributed by atoms with Crippen LogP contribution in [0.15, 0.2) is 24.3 Å². The molecule has 2 N–H and O–H groups in total. The Morgan fingerprint density at radius 1 is 1.32 bits per heavy atom. The number of rotatable bonds is 6. The summed E-state index contributed by atoms with van der Waals surface area (Å²) in [5.74, 6) is 1.00. The van der Waals surface area contributed by atoms with Gasteiger partial charge in [-0.05, 0) is 30.7 Å². The van der Waals surface area contributed by atoms with Crippen LogP contribution in [0.3, 0.4) is 0 Å². The number of hydrogen-bond donors (Lipinski definition) is 2. The maximum absolute atomic E-state index is 12.4. The number of likely N-dealkylation sites (tertiary alicyclic amines) is 1. The number of nitrogens with zero attached hydrogens (tertiary/aromatic N) is 2. The van der Waals surface area contributed by atoms with Gasteiger partial charge in [-0.1, -0.05) is 0 Å². The van der Waals surface area contributed by atoms with Crippen LogP contribution in [0, 0.1) is 0 Å². The number of nitrogens with one attached hydrogen (secondary N) is 2. The van der Waals surface area contributed by atoms with Crippen molar-refractivity contribution in [2.24, 2.45) is 0 Å². The van der Waals surface area contributed by atoms with Gasteiger partial charge in [-0.25, -0.2) is 0 Å². The van der Waals surface area contributed by atoms with Crippen LogP contribution >= 0.6 is 0 Å². The predicted octanol–water partition coefficient (Wildman–Crippen LogP) is 0.212. The molecule has 1 atom stereocenters. The van der Waals surface area contributed by atoms with E-state index in [1.807, 2.05) is 29.2 Å². The number of anilines is 1. The van der Waals surface area contributed by atoms with Crippen LogP contribution in [0.25, 0.3) is 0 Å². The Balaban J connectivity index is 1.48. The number of amides is 2. The third-order valence-electron chi connectivity index (χ3n) is 4.78. The van der Waals surface area contributed by atoms with Crippen LogP contribution < -0.4 is 20.3 Å². The molecule has 0 saturated carbocycles. The van der Waals surface area contributed by atoms with E-state index in [0.717, 1.165) is 37.5 Å². The van der Waals surface area contributed by atoms with Crippen molar-refractivity contribution in [3.63, 3.8) is 0 Å². The molecule has 7 nitrogen and oxygen atoms in total. The number of hydrogen-bond acceptors (Lipinski definition) is 5. The van der Waals surface area contributed by atoms with E-state index in [1.54, 1.807) is 7.11 Å². The van der Waals surface area contributed by atoms with Gasteiger partial charge < -0.3 is 25.2 Å². The summed E-state index contributed by atoms with van der Waals surface area (Å²) < 4.78 is 5.19. The molecule has 2 fully saturated rings. The fourth-order valence-corrected chi connectivity index (χ4v) is 3.33. The Morgan fingerprint density at radius 2 is 2.12 bits per heavy atom. The largest absolute Gasteiger partial charge is 0.497 e. The van der Waals surface area contributed by atoms with E-state index in [2.05, 4.69) is 15.5 Å². The first-order valence-electron chi connectivity index (χ1n) is 8.85. The molecule has 0 radical (unpaired) electrons. The number of benzene rings is 1. The van der Waals surface area contributed by atoms with Crippen molar-refractivity contribution < 1.29 is 14.3 Å². The highest BCUT2D eigenvalue weighted by molar-refractivity contribution is 5.83. The lowest BCUT2D eigenvalue weighted by Crippen LogP contribution is -2.57. The molecule has 2 amide bonds. The van der Waals surface area contributed by atoms with Gasteiger partial charge in [-0.15, -0.1) is 0 Å². The van der Waals surface area contributed by atoms with Crippen LogP contribution in [0.2, 0.25) is 0 Å². The van der Waals surface area contributed by atoms with E-state index in [9.17, 15) is 9.59 Å². The summed E-state index contributed by atoms with van der Waals surface area (Å²) in [5, 5.41) is 6.22. The summed E-state index contributed by atoms with van der Waals surface area (Å²) in [4.78, 5) is 28.0. The molecular weight excluding hydrogens is 320 g/mol. The number of methoxy groups -OCH3 is 1. The van der Waals surface area contributed by atoms with Gasteiger partial charge in [0.15, 0.2) is 0 Å². The summed E-state index contributed by atoms with van der Waals surface area (Å²) in [6, 6.07) is 7.64. The molecule has 0 unspecified atom stereocenters. The second-order valence-corrected chi connectivity index (χ2v) is 6.43. The van der Waals surface area contributed by atoms with Gasteiger partial charge in [0.2, 0.25) is 11.8 Å². The molecule has 1 aromatic carbocycles. The van der Waals surface area contributed by atoms with Gasteiger partial charge in [0.25, 0.3) is 0 Å². The number of carbonyl (C=O) groups excluding carboxylic acids is 2. The highest BCUT2D eigenvalue weighted by atomic mass is 16.5. The molecule has 2 aliphatic heterocycles. The second-order valence-electron chi connectivity index (χ2n) is 6.43. The zero-order valence-electron chi connectivity index (χ0n) is 14.7. The Hall–Kier alpha value is -2.28. The van der Waals surface area contributed by atoms with E-state index in [4.69, 9.17) is 4.74 Å². The summed E-state index contributed by atoms with van der Waals surface area (Å²) in [5.41, 5.74) is 1.09. The van der Waals surface area contributed by atoms with Gasteiger partial charge in [0, 0.05) is 51.4 Å². The van der Waals surface area contributed by atoms with E-state index in [1.165, 1.54) is 0 Å². The lowest BCUT2D eigenvalue weighted by molar-refractivity contribution is -0.128. The first-order valence-corrected chi connectivity index (χ1v) is 8.85. The van der Waals surface area contributed by atoms with Crippen molar-refractivity contribution in [1.29, 1.82) is 0 Å². The lowest BCUT2D eigenvalue weighted by atomic mass is 10.1. The van der Waals surface area contributed by atoms with Crippen molar-refractivity contribution in [3.8, 4) is 5.75 Å². The maximum atomic E-state index is 12.4. The Kier molecular flexibility index (Phi) is 5.75. The third-order valence-corrected chi connectivity index (χ3v) is 4.78. The van der Waals surface area contributed by atoms with Crippen molar-refractivity contribution in [1.82, 2.24) is 15.5 Å². The minimum Gasteiger partial charge on any atom is -0.497 e. The average Bonchev–Trinajstić information content (AvgIpc) is 3.07. The minimum absolute atomic E-state index is 0.00939. The highest BCUT2D eigenvalue weighted by Gasteiger charge is 2.26. The van der Waals surface area contributed by atoms with Crippen LogP contribution in [0.1, 0.15) is 12.8 Å². The molecular formula is C18H26N4O3. The molecule has 2 saturated heterocycles. The second kappa shape index (κ2) is 8.20. The molecule has 0 spiro atoms. The number of ether oxygens (including phenoxy) is 1. The standard InChI is InChI=1S/C18H26N4O3/c1-25-15-6-4-14(5-7-15)22-12-8-19-16(13-22)18(24)20-9-11-21-10-2-3-17(21)23/h4-7,16,19H,2-3,8-13H2,1H3,(H,20,24)/t16-/m1/s1. The van der Waals surface area contributed by atoms with Gasteiger partial charge in [-0.3, -0.25) is 9.59 Å². The third kappa shape index (κ3) is 4.42. The lowest BCUT2D eigenvalue weighted by Gasteiger charge is -2.34. The molecule has 3 rings (SSSR count). The molecule has 2 aliphatic rings. The van der Waals surface area contributed by atoms with E-state index in [-0.39, 0.29) is 17.9 Å². The molecule has 0 aliphatic carbocycles. The van der Waals surface area contributed by atoms with Crippen molar-refractivity contribution in [2.45, 2.75) is 18.9 Å². The van der Waals surface area contributed by atoms with E-state index >= 15 is 0 Å². The zero-order valence-corrected chi connectivity index (χ0v) is 14.7. The molecule has 2 heterocycles. The van der Waals surface area contributed by atoms with Gasteiger partial charge in [0.05, 0.1) is 7.11 Å². The smallest absolute Gasteiger partial charge is 0.239 e. The molecule has 25 heavy (non-hydrogen) atoms. The van der Waals surface area contributed by atoms with Crippen LogP contribution in [0.5, 0.6) is 5.75 Å². The quantitative estimate of drug-likeness (QED) is 0.770. The summed E-state index contributed by atoms with van der Waals surface area (Å²) >= 11 is 0. The van der Waals surface area contributed by atoms with Gasteiger partial charge in [0.1, 0.15) is 11.8 Å². The molecule has 7 heteroatoms. The van der Waals surface area contributed by atoms with Crippen LogP contribution in [-0.2, 0) is 9.59 Å². The highest BCUT2D eigenvalue weighted by Crippen LogP contribution is 2.20. The Labute approximate surface area is 148 Å². The topological polar surface area (TPSA) is 73.9 Å². The first-order chi connectivity index (χ1) is 12.2. The van der Waals surface area contributed by atoms with Crippen molar-refractivity contribution >= 4 is 17.5 Å². The summed E-state index contributed by atoms with van der Waals surface area (Å²) in [6.07, 6.45) is 1.56. The maximum Gasteiger partial charge on any atom is 0.239 e. The molecule has 1 aromatic rings. The van der Waals surface area contributed by atoms with Crippen LogP contribution in [-0.4, -0.2) is 69.1 Å². The SMILES string of the molecule is COc1ccc(N2CCN[C@@H](C(=O)NCCN3CCCC3=O)C2)cc1. The first kappa shape index (κ1) is 17.5. The fourth-order valence-electron chi connectivity index (χ4n) is 3.33. The predicted molar refractivity (Wildman–Crippen MR) is 95.8 cm³/mol. The zero-order chi connectivity index (χ0) is 17.6. The summed E-state index contributed by atoms with van der Waals surface area (Å²) in [7, 11) is 1.65. The minimum atomic E-state index is -0.245. The average molecular weight is 346 g/mol. The van der Waals surface area contributed by atoms with E-state index in [0.29, 0.717) is 26.1 Å². The molecule has 0 bridgehead atoms. The Bertz CT molecular complexity index is 605. The molecule has 136 valence electrons. The van der Waals surface area contributed by atoms with Crippen molar-refractivity contribution in [2.75, 3.05) is 51.3 Å².